The molecule has 3 heterocycles. The molecule has 1 unspecified atom stereocenters. The maximum absolute atomic E-state index is 12.4. The van der Waals surface area contributed by atoms with Crippen LogP contribution in [-0.2, 0) is 40.3 Å². The number of pyridine rings is 1. The minimum absolute atomic E-state index is 0.0486. The van der Waals surface area contributed by atoms with Gasteiger partial charge in [-0.1, -0.05) is 67.9 Å². The van der Waals surface area contributed by atoms with Crippen LogP contribution in [0.5, 0.6) is 5.75 Å². The monoisotopic (exact) mass is 574 g/mol. The molecular formula is C32H31ClN2O4S. The van der Waals surface area contributed by atoms with Gasteiger partial charge in [-0.15, -0.1) is 11.3 Å². The molecule has 0 saturated carbocycles. The second-order valence-corrected chi connectivity index (χ2v) is 12.6. The smallest absolute Gasteiger partial charge is 0.230 e. The maximum Gasteiger partial charge on any atom is 0.230 e. The Hall–Kier alpha value is -3.26. The van der Waals surface area contributed by atoms with Crippen molar-refractivity contribution in [3.8, 4) is 16.9 Å². The highest BCUT2D eigenvalue weighted by Gasteiger charge is 2.39. The van der Waals surface area contributed by atoms with Crippen LogP contribution in [0.4, 0.5) is 0 Å². The normalized spacial score (nSPS) is 18.4. The average molecular weight is 575 g/mol. The number of nitrogens with zero attached hydrogens (tertiary/aromatic N) is 2. The molecule has 0 radical (unpaired) electrons. The molecule has 206 valence electrons. The third kappa shape index (κ3) is 4.91. The summed E-state index contributed by atoms with van der Waals surface area (Å²) in [4.78, 5) is 33.2. The van der Waals surface area contributed by atoms with Crippen molar-refractivity contribution in [2.24, 2.45) is 5.41 Å². The number of rotatable bonds is 7. The molecule has 2 aromatic heterocycles. The second-order valence-electron chi connectivity index (χ2n) is 11.2. The van der Waals surface area contributed by atoms with Crippen molar-refractivity contribution in [2.75, 3.05) is 7.11 Å². The molecule has 2 amide bonds. The van der Waals surface area contributed by atoms with Crippen LogP contribution in [0.1, 0.15) is 48.4 Å². The van der Waals surface area contributed by atoms with Crippen molar-refractivity contribution >= 4 is 45.0 Å². The highest BCUT2D eigenvalue weighted by molar-refractivity contribution is 7.19. The third-order valence-electron chi connectivity index (χ3n) is 8.04. The lowest BCUT2D eigenvalue weighted by Gasteiger charge is -2.38. The molecule has 1 atom stereocenters. The van der Waals surface area contributed by atoms with E-state index in [0.29, 0.717) is 17.3 Å². The number of aromatic nitrogens is 1. The zero-order chi connectivity index (χ0) is 28.0. The number of likely N-dealkylation sites (tertiary alicyclic amines) is 1. The van der Waals surface area contributed by atoms with E-state index in [4.69, 9.17) is 26.1 Å². The Morgan fingerprint density at radius 3 is 2.42 bits per heavy atom. The molecule has 1 aliphatic carbocycles. The first kappa shape index (κ1) is 26.9. The molecule has 0 bridgehead atoms. The molecule has 6 nitrogen and oxygen atoms in total. The van der Waals surface area contributed by atoms with Crippen LogP contribution in [0.15, 0.2) is 54.6 Å². The summed E-state index contributed by atoms with van der Waals surface area (Å²) in [5, 5.41) is 1.53. The predicted octanol–water partition coefficient (Wildman–Crippen LogP) is 6.98. The number of fused-ring (bicyclic) bond motifs is 3. The number of methoxy groups -OCH3 is 1. The molecule has 8 heteroatoms. The van der Waals surface area contributed by atoms with Crippen LogP contribution < -0.4 is 4.74 Å². The summed E-state index contributed by atoms with van der Waals surface area (Å²) in [6, 6.07) is 18.1. The molecule has 0 N–H and O–H groups in total. The highest BCUT2D eigenvalue weighted by Crippen LogP contribution is 2.49. The Morgan fingerprint density at radius 2 is 1.75 bits per heavy atom. The number of hydrogen-bond donors (Lipinski definition) is 0. The number of amides is 2. The van der Waals surface area contributed by atoms with E-state index in [-0.39, 0.29) is 42.7 Å². The Morgan fingerprint density at radius 1 is 1.05 bits per heavy atom. The van der Waals surface area contributed by atoms with Crippen LogP contribution in [0.25, 0.3) is 21.3 Å². The molecule has 1 saturated heterocycles. The van der Waals surface area contributed by atoms with E-state index in [0.717, 1.165) is 45.5 Å². The molecule has 1 aliphatic heterocycles. The van der Waals surface area contributed by atoms with Crippen LogP contribution >= 0.6 is 22.9 Å². The Labute approximate surface area is 242 Å². The van der Waals surface area contributed by atoms with Gasteiger partial charge in [-0.25, -0.2) is 4.98 Å². The second kappa shape index (κ2) is 10.6. The number of ether oxygens (including phenoxy) is 2. The first-order chi connectivity index (χ1) is 19.2. The largest absolute Gasteiger partial charge is 0.497 e. The third-order valence-corrected chi connectivity index (χ3v) is 9.60. The Kier molecular flexibility index (Phi) is 7.15. The zero-order valence-corrected chi connectivity index (χ0v) is 24.4. The van der Waals surface area contributed by atoms with Gasteiger partial charge in [0.2, 0.25) is 11.8 Å². The van der Waals surface area contributed by atoms with E-state index in [2.05, 4.69) is 26.0 Å². The van der Waals surface area contributed by atoms with Gasteiger partial charge < -0.3 is 9.47 Å². The molecule has 1 fully saturated rings. The van der Waals surface area contributed by atoms with E-state index in [1.54, 1.807) is 18.4 Å². The van der Waals surface area contributed by atoms with Gasteiger partial charge in [0.15, 0.2) is 0 Å². The Bertz CT molecular complexity index is 1580. The fourth-order valence-electron chi connectivity index (χ4n) is 5.76. The van der Waals surface area contributed by atoms with Crippen LogP contribution in [0.3, 0.4) is 0 Å². The fraction of sp³-hybridized carbons (Fsp3) is 0.344. The molecule has 6 rings (SSSR count). The van der Waals surface area contributed by atoms with Crippen molar-refractivity contribution in [1.82, 2.24) is 9.88 Å². The summed E-state index contributed by atoms with van der Waals surface area (Å²) in [5.74, 6) is 0.393. The summed E-state index contributed by atoms with van der Waals surface area (Å²) in [7, 11) is 1.64. The molecule has 2 aromatic carbocycles. The number of carbonyl (C=O) groups excluding carboxylic acids is 2. The van der Waals surface area contributed by atoms with Gasteiger partial charge in [-0.2, -0.15) is 0 Å². The molecule has 2 aliphatic rings. The molecule has 0 spiro atoms. The van der Waals surface area contributed by atoms with Crippen molar-refractivity contribution in [3.05, 3.63) is 81.3 Å². The van der Waals surface area contributed by atoms with Gasteiger partial charge in [-0.3, -0.25) is 14.5 Å². The van der Waals surface area contributed by atoms with Crippen LogP contribution in [-0.4, -0.2) is 34.9 Å². The molecule has 4 aromatic rings. The number of imide groups is 1. The van der Waals surface area contributed by atoms with Gasteiger partial charge in [-0.05, 0) is 40.7 Å². The van der Waals surface area contributed by atoms with Crippen LogP contribution in [0, 0.1) is 5.41 Å². The first-order valence-corrected chi connectivity index (χ1v) is 14.7. The van der Waals surface area contributed by atoms with E-state index < -0.39 is 0 Å². The van der Waals surface area contributed by atoms with Crippen molar-refractivity contribution < 1.29 is 19.1 Å². The summed E-state index contributed by atoms with van der Waals surface area (Å²) >= 11 is 8.79. The standard InChI is InChI=1S/C32H31ClN2O4S/c1-32(2)16-22-24(15-25(32)39-18-19-7-5-4-6-8-19)40-31-29(22)28(20-9-11-21(38-3)12-10-20)30(33)23(34-31)17-35-26(36)13-14-27(35)37/h4-12,25H,13-18H2,1-3H3. The summed E-state index contributed by atoms with van der Waals surface area (Å²) < 4.78 is 11.9. The maximum atomic E-state index is 12.4. The number of carbonyl (C=O) groups is 2. The lowest BCUT2D eigenvalue weighted by atomic mass is 9.73. The number of halogens is 1. The Balaban J connectivity index is 1.44. The minimum Gasteiger partial charge on any atom is -0.497 e. The van der Waals surface area contributed by atoms with Crippen molar-refractivity contribution in [1.29, 1.82) is 0 Å². The number of thiophene rings is 1. The quantitative estimate of drug-likeness (QED) is 0.223. The average Bonchev–Trinajstić information content (AvgIpc) is 3.45. The topological polar surface area (TPSA) is 68.7 Å². The van der Waals surface area contributed by atoms with Crippen molar-refractivity contribution in [3.63, 3.8) is 0 Å². The van der Waals surface area contributed by atoms with E-state index in [1.807, 2.05) is 42.5 Å². The lowest BCUT2D eigenvalue weighted by Crippen LogP contribution is -2.39. The van der Waals surface area contributed by atoms with Gasteiger partial charge in [0.25, 0.3) is 0 Å². The summed E-state index contributed by atoms with van der Waals surface area (Å²) in [6.07, 6.45) is 2.13. The summed E-state index contributed by atoms with van der Waals surface area (Å²) in [6.45, 7) is 5.16. The fourth-order valence-corrected chi connectivity index (χ4v) is 7.32. The van der Waals surface area contributed by atoms with Gasteiger partial charge in [0.1, 0.15) is 10.6 Å². The minimum atomic E-state index is -0.181. The SMILES string of the molecule is COc1ccc(-c2c(Cl)c(CN3C(=O)CCC3=O)nc3sc4c(c23)CC(C)(C)C(OCc2ccccc2)C4)cc1. The van der Waals surface area contributed by atoms with Gasteiger partial charge in [0, 0.05) is 35.1 Å². The lowest BCUT2D eigenvalue weighted by molar-refractivity contribution is -0.139. The molecular weight excluding hydrogens is 544 g/mol. The van der Waals surface area contributed by atoms with Gasteiger partial charge >= 0.3 is 0 Å². The molecule has 40 heavy (non-hydrogen) atoms. The van der Waals surface area contributed by atoms with E-state index >= 15 is 0 Å². The predicted molar refractivity (Wildman–Crippen MR) is 158 cm³/mol. The zero-order valence-electron chi connectivity index (χ0n) is 22.8. The first-order valence-electron chi connectivity index (χ1n) is 13.5. The van der Waals surface area contributed by atoms with Crippen LogP contribution in [0.2, 0.25) is 5.02 Å². The van der Waals surface area contributed by atoms with Crippen molar-refractivity contribution in [2.45, 2.75) is 58.8 Å². The highest BCUT2D eigenvalue weighted by atomic mass is 35.5. The van der Waals surface area contributed by atoms with E-state index in [1.165, 1.54) is 15.3 Å². The summed E-state index contributed by atoms with van der Waals surface area (Å²) in [5.41, 5.74) is 4.68. The number of hydrogen-bond acceptors (Lipinski definition) is 6. The number of benzene rings is 2. The van der Waals surface area contributed by atoms with E-state index in [9.17, 15) is 9.59 Å². The van der Waals surface area contributed by atoms with Gasteiger partial charge in [0.05, 0.1) is 37.1 Å².